The third-order valence-electron chi connectivity index (χ3n) is 2.44. The Morgan fingerprint density at radius 3 is 2.41 bits per heavy atom. The highest BCUT2D eigenvalue weighted by Crippen LogP contribution is 2.12. The van der Waals surface area contributed by atoms with E-state index in [1.807, 2.05) is 0 Å². The molecule has 0 heterocycles. The van der Waals surface area contributed by atoms with Crippen LogP contribution in [0, 0.1) is 0 Å². The van der Waals surface area contributed by atoms with E-state index in [2.05, 4.69) is 5.32 Å². The quantitative estimate of drug-likeness (QED) is 0.700. The molecule has 5 heteroatoms. The van der Waals surface area contributed by atoms with Crippen molar-refractivity contribution >= 4 is 11.9 Å². The molecule has 1 aromatic rings. The van der Waals surface area contributed by atoms with E-state index in [4.69, 9.17) is 10.8 Å². The van der Waals surface area contributed by atoms with Crippen molar-refractivity contribution < 1.29 is 14.7 Å². The minimum absolute atomic E-state index is 0.455. The highest BCUT2D eigenvalue weighted by molar-refractivity contribution is 5.87. The van der Waals surface area contributed by atoms with Gasteiger partial charge in [-0.25, -0.2) is 4.79 Å². The lowest BCUT2D eigenvalue weighted by Crippen LogP contribution is -2.43. The second-order valence-corrected chi connectivity index (χ2v) is 3.71. The molecule has 5 nitrogen and oxygen atoms in total. The maximum absolute atomic E-state index is 11.6. The first kappa shape index (κ1) is 13.2. The predicted octanol–water partition coefficient (Wildman–Crippen LogP) is 0.666. The van der Waals surface area contributed by atoms with E-state index in [-0.39, 0.29) is 0 Å². The molecule has 0 saturated carbocycles. The highest BCUT2D eigenvalue weighted by Gasteiger charge is 2.23. The monoisotopic (exact) mass is 236 g/mol. The van der Waals surface area contributed by atoms with Crippen LogP contribution in [-0.4, -0.2) is 23.0 Å². The van der Waals surface area contributed by atoms with Gasteiger partial charge in [0.05, 0.1) is 6.04 Å². The number of benzene rings is 1. The molecular weight excluding hydrogens is 220 g/mol. The molecule has 0 aromatic heterocycles. The Hall–Kier alpha value is -1.88. The Kier molecular flexibility index (Phi) is 4.66. The smallest absolute Gasteiger partial charge is 0.330 e. The van der Waals surface area contributed by atoms with Gasteiger partial charge >= 0.3 is 5.97 Å². The molecule has 1 aromatic carbocycles. The second-order valence-electron chi connectivity index (χ2n) is 3.71. The zero-order chi connectivity index (χ0) is 12.8. The normalized spacial score (nSPS) is 13.8. The summed E-state index contributed by atoms with van der Waals surface area (Å²) < 4.78 is 0. The fourth-order valence-electron chi connectivity index (χ4n) is 1.37. The van der Waals surface area contributed by atoms with Gasteiger partial charge < -0.3 is 16.2 Å². The van der Waals surface area contributed by atoms with Crippen LogP contribution in [0.2, 0.25) is 0 Å². The van der Waals surface area contributed by atoms with Crippen molar-refractivity contribution in [2.24, 2.45) is 5.73 Å². The first-order valence-electron chi connectivity index (χ1n) is 5.40. The van der Waals surface area contributed by atoms with Crippen molar-refractivity contribution in [2.45, 2.75) is 25.4 Å². The van der Waals surface area contributed by atoms with Crippen molar-refractivity contribution in [2.75, 3.05) is 0 Å². The average molecular weight is 236 g/mol. The van der Waals surface area contributed by atoms with Crippen LogP contribution in [0.1, 0.15) is 24.9 Å². The van der Waals surface area contributed by atoms with E-state index in [9.17, 15) is 9.59 Å². The topological polar surface area (TPSA) is 92.4 Å². The first-order valence-corrected chi connectivity index (χ1v) is 5.40. The van der Waals surface area contributed by atoms with Gasteiger partial charge in [-0.3, -0.25) is 4.79 Å². The van der Waals surface area contributed by atoms with Crippen LogP contribution in [0.25, 0.3) is 0 Å². The summed E-state index contributed by atoms with van der Waals surface area (Å²) in [4.78, 5) is 22.7. The number of carboxylic acid groups (broad SMARTS) is 1. The Bertz CT molecular complexity index is 392. The second kappa shape index (κ2) is 6.00. The van der Waals surface area contributed by atoms with Gasteiger partial charge in [0.1, 0.15) is 0 Å². The van der Waals surface area contributed by atoms with Crippen molar-refractivity contribution in [3.63, 3.8) is 0 Å². The minimum atomic E-state index is -1.10. The number of nitrogens with one attached hydrogen (secondary N) is 1. The summed E-state index contributed by atoms with van der Waals surface area (Å²) >= 11 is 0. The molecule has 0 saturated heterocycles. The number of rotatable bonds is 5. The number of nitrogens with two attached hydrogens (primary N) is 1. The molecule has 0 aliphatic rings. The minimum Gasteiger partial charge on any atom is -0.479 e. The Balaban J connectivity index is 2.82. The lowest BCUT2D eigenvalue weighted by Gasteiger charge is -2.17. The summed E-state index contributed by atoms with van der Waals surface area (Å²) in [5, 5.41) is 11.5. The number of aliphatic carboxylic acids is 1. The van der Waals surface area contributed by atoms with E-state index >= 15 is 0 Å². The molecule has 92 valence electrons. The standard InChI is InChI=1S/C12H16N2O3/c1-2-9(13)11(15)14-10(12(16)17)8-6-4-3-5-7-8/h3-7,9-10H,2,13H2,1H3,(H,14,15)(H,16,17)/t9-,10?/m0/s1. The van der Waals surface area contributed by atoms with Crippen LogP contribution < -0.4 is 11.1 Å². The predicted molar refractivity (Wildman–Crippen MR) is 63.2 cm³/mol. The van der Waals surface area contributed by atoms with Gasteiger partial charge in [0, 0.05) is 0 Å². The van der Waals surface area contributed by atoms with Gasteiger partial charge in [-0.1, -0.05) is 37.3 Å². The van der Waals surface area contributed by atoms with Crippen molar-refractivity contribution in [1.82, 2.24) is 5.32 Å². The molecule has 1 unspecified atom stereocenters. The van der Waals surface area contributed by atoms with Crippen LogP contribution in [0.15, 0.2) is 30.3 Å². The van der Waals surface area contributed by atoms with Crippen LogP contribution in [0.4, 0.5) is 0 Å². The lowest BCUT2D eigenvalue weighted by atomic mass is 10.1. The molecule has 0 aliphatic carbocycles. The molecule has 0 aliphatic heterocycles. The third kappa shape index (κ3) is 3.57. The summed E-state index contributed by atoms with van der Waals surface area (Å²) in [6, 6.07) is 6.78. The number of amides is 1. The molecule has 17 heavy (non-hydrogen) atoms. The Morgan fingerprint density at radius 2 is 1.94 bits per heavy atom. The van der Waals surface area contributed by atoms with E-state index in [1.165, 1.54) is 0 Å². The maximum Gasteiger partial charge on any atom is 0.330 e. The molecular formula is C12H16N2O3. The summed E-state index contributed by atoms with van der Waals surface area (Å²) in [6.45, 7) is 1.77. The van der Waals surface area contributed by atoms with Gasteiger partial charge in [0.2, 0.25) is 5.91 Å². The number of carbonyl (C=O) groups is 2. The largest absolute Gasteiger partial charge is 0.479 e. The molecule has 1 amide bonds. The molecule has 2 atom stereocenters. The molecule has 0 spiro atoms. The molecule has 1 rings (SSSR count). The number of hydrogen-bond acceptors (Lipinski definition) is 3. The highest BCUT2D eigenvalue weighted by atomic mass is 16.4. The molecule has 0 fully saturated rings. The zero-order valence-corrected chi connectivity index (χ0v) is 9.59. The summed E-state index contributed by atoms with van der Waals surface area (Å²) in [5.41, 5.74) is 6.06. The van der Waals surface area contributed by atoms with Gasteiger partial charge in [-0.2, -0.15) is 0 Å². The van der Waals surface area contributed by atoms with Gasteiger partial charge in [0.15, 0.2) is 6.04 Å². The van der Waals surface area contributed by atoms with E-state index in [0.717, 1.165) is 0 Å². The van der Waals surface area contributed by atoms with E-state index in [1.54, 1.807) is 37.3 Å². The first-order chi connectivity index (χ1) is 8.06. The fraction of sp³-hybridized carbons (Fsp3) is 0.333. The van der Waals surface area contributed by atoms with Crippen LogP contribution >= 0.6 is 0 Å². The van der Waals surface area contributed by atoms with E-state index < -0.39 is 24.0 Å². The van der Waals surface area contributed by atoms with Gasteiger partial charge in [0.25, 0.3) is 0 Å². The van der Waals surface area contributed by atoms with E-state index in [0.29, 0.717) is 12.0 Å². The third-order valence-corrected chi connectivity index (χ3v) is 2.44. The zero-order valence-electron chi connectivity index (χ0n) is 9.59. The summed E-state index contributed by atoms with van der Waals surface area (Å²) in [6.07, 6.45) is 0.465. The number of carbonyl (C=O) groups excluding carboxylic acids is 1. The molecule has 0 radical (unpaired) electrons. The van der Waals surface area contributed by atoms with Crippen molar-refractivity contribution in [3.8, 4) is 0 Å². The number of hydrogen-bond donors (Lipinski definition) is 3. The van der Waals surface area contributed by atoms with Crippen LogP contribution in [0.3, 0.4) is 0 Å². The molecule has 4 N–H and O–H groups in total. The average Bonchev–Trinajstić information content (AvgIpc) is 2.35. The van der Waals surface area contributed by atoms with Gasteiger partial charge in [-0.05, 0) is 12.0 Å². The van der Waals surface area contributed by atoms with Crippen molar-refractivity contribution in [3.05, 3.63) is 35.9 Å². The fourth-order valence-corrected chi connectivity index (χ4v) is 1.37. The Labute approximate surface area is 99.6 Å². The van der Waals surface area contributed by atoms with Gasteiger partial charge in [-0.15, -0.1) is 0 Å². The summed E-state index contributed by atoms with van der Waals surface area (Å²) in [7, 11) is 0. The Morgan fingerprint density at radius 1 is 1.35 bits per heavy atom. The lowest BCUT2D eigenvalue weighted by molar-refractivity contribution is -0.142. The summed E-state index contributed by atoms with van der Waals surface area (Å²) in [5.74, 6) is -1.56. The van der Waals surface area contributed by atoms with Crippen LogP contribution in [0.5, 0.6) is 0 Å². The number of carboxylic acids is 1. The maximum atomic E-state index is 11.6. The SMILES string of the molecule is CC[C@H](N)C(=O)NC(C(=O)O)c1ccccc1. The van der Waals surface area contributed by atoms with Crippen LogP contribution in [-0.2, 0) is 9.59 Å². The van der Waals surface area contributed by atoms with Crippen molar-refractivity contribution in [1.29, 1.82) is 0 Å². The molecule has 0 bridgehead atoms.